The average Bonchev–Trinajstić information content (AvgIpc) is 2.65. The van der Waals surface area contributed by atoms with Crippen molar-refractivity contribution >= 4 is 27.3 Å². The fourth-order valence-corrected chi connectivity index (χ4v) is 3.49. The number of carbonyl (C=O) groups is 1. The number of hydrogen-bond donors (Lipinski definition) is 2. The summed E-state index contributed by atoms with van der Waals surface area (Å²) in [5.41, 5.74) is 1.53. The first-order valence-corrected chi connectivity index (χ1v) is 9.59. The molecule has 138 valence electrons. The van der Waals surface area contributed by atoms with Crippen molar-refractivity contribution in [2.24, 2.45) is 0 Å². The Kier molecular flexibility index (Phi) is 5.23. The van der Waals surface area contributed by atoms with Crippen LogP contribution in [0.1, 0.15) is 15.9 Å². The molecule has 0 aliphatic rings. The summed E-state index contributed by atoms with van der Waals surface area (Å²) in [6.07, 6.45) is 0. The molecule has 0 aliphatic heterocycles. The standard InChI is InChI=1S/C20H17FN2O3S/c1-14-7-12-18(21)19(13-14)22-20(24)15-8-10-17(11-9-15)27(25,26)23-16-5-3-2-4-6-16/h2-13,23H,1H3,(H,22,24). The van der Waals surface area contributed by atoms with Crippen LogP contribution in [0, 0.1) is 12.7 Å². The number of sulfonamides is 1. The Balaban J connectivity index is 1.76. The molecule has 0 atom stereocenters. The molecular formula is C20H17FN2O3S. The predicted molar refractivity (Wildman–Crippen MR) is 103 cm³/mol. The van der Waals surface area contributed by atoms with E-state index in [9.17, 15) is 17.6 Å². The SMILES string of the molecule is Cc1ccc(F)c(NC(=O)c2ccc(S(=O)(=O)Nc3ccccc3)cc2)c1. The van der Waals surface area contributed by atoms with Crippen LogP contribution in [0.4, 0.5) is 15.8 Å². The minimum atomic E-state index is -3.77. The molecule has 0 bridgehead atoms. The summed E-state index contributed by atoms with van der Waals surface area (Å²) in [4.78, 5) is 12.3. The van der Waals surface area contributed by atoms with Crippen LogP contribution >= 0.6 is 0 Å². The monoisotopic (exact) mass is 384 g/mol. The molecule has 0 spiro atoms. The second-order valence-corrected chi connectivity index (χ2v) is 7.62. The van der Waals surface area contributed by atoms with E-state index in [1.807, 2.05) is 0 Å². The van der Waals surface area contributed by atoms with E-state index in [0.29, 0.717) is 5.69 Å². The van der Waals surface area contributed by atoms with Gasteiger partial charge in [-0.25, -0.2) is 12.8 Å². The molecule has 7 heteroatoms. The van der Waals surface area contributed by atoms with Crippen LogP contribution in [0.2, 0.25) is 0 Å². The quantitative estimate of drug-likeness (QED) is 0.693. The summed E-state index contributed by atoms with van der Waals surface area (Å²) < 4.78 is 41.0. The van der Waals surface area contributed by atoms with Gasteiger partial charge in [-0.2, -0.15) is 0 Å². The van der Waals surface area contributed by atoms with Crippen molar-refractivity contribution in [3.8, 4) is 0 Å². The highest BCUT2D eigenvalue weighted by Crippen LogP contribution is 2.19. The van der Waals surface area contributed by atoms with E-state index >= 15 is 0 Å². The van der Waals surface area contributed by atoms with Gasteiger partial charge >= 0.3 is 0 Å². The van der Waals surface area contributed by atoms with E-state index in [1.54, 1.807) is 43.3 Å². The molecular weight excluding hydrogens is 367 g/mol. The van der Waals surface area contributed by atoms with Crippen molar-refractivity contribution < 1.29 is 17.6 Å². The Hall–Kier alpha value is -3.19. The van der Waals surface area contributed by atoms with Crippen LogP contribution in [0.15, 0.2) is 77.7 Å². The lowest BCUT2D eigenvalue weighted by atomic mass is 10.2. The summed E-state index contributed by atoms with van der Waals surface area (Å²) in [5.74, 6) is -1.07. The average molecular weight is 384 g/mol. The second kappa shape index (κ2) is 7.59. The predicted octanol–water partition coefficient (Wildman–Crippen LogP) is 4.19. The summed E-state index contributed by atoms with van der Waals surface area (Å²) in [5, 5.41) is 2.49. The zero-order valence-electron chi connectivity index (χ0n) is 14.4. The van der Waals surface area contributed by atoms with E-state index in [1.165, 1.54) is 36.4 Å². The first-order chi connectivity index (χ1) is 12.8. The summed E-state index contributed by atoms with van der Waals surface area (Å²) in [6.45, 7) is 1.79. The summed E-state index contributed by atoms with van der Waals surface area (Å²) >= 11 is 0. The van der Waals surface area contributed by atoms with Gasteiger partial charge in [0, 0.05) is 11.3 Å². The van der Waals surface area contributed by atoms with Crippen molar-refractivity contribution in [2.75, 3.05) is 10.0 Å². The minimum Gasteiger partial charge on any atom is -0.319 e. The van der Waals surface area contributed by atoms with Gasteiger partial charge in [-0.05, 0) is 61.0 Å². The zero-order chi connectivity index (χ0) is 19.4. The molecule has 2 N–H and O–H groups in total. The maximum atomic E-state index is 13.8. The van der Waals surface area contributed by atoms with Gasteiger partial charge in [0.15, 0.2) is 0 Å². The Morgan fingerprint density at radius 2 is 1.59 bits per heavy atom. The van der Waals surface area contributed by atoms with Gasteiger partial charge in [0.2, 0.25) is 0 Å². The third kappa shape index (κ3) is 4.51. The van der Waals surface area contributed by atoms with E-state index in [4.69, 9.17) is 0 Å². The second-order valence-electron chi connectivity index (χ2n) is 5.93. The summed E-state index contributed by atoms with van der Waals surface area (Å²) in [7, 11) is -3.77. The zero-order valence-corrected chi connectivity index (χ0v) is 15.3. The Bertz CT molecular complexity index is 1070. The molecule has 0 unspecified atom stereocenters. The normalized spacial score (nSPS) is 11.0. The van der Waals surface area contributed by atoms with Crippen molar-refractivity contribution in [2.45, 2.75) is 11.8 Å². The molecule has 0 heterocycles. The van der Waals surface area contributed by atoms with Crippen molar-refractivity contribution in [3.05, 3.63) is 89.7 Å². The highest BCUT2D eigenvalue weighted by molar-refractivity contribution is 7.92. The maximum Gasteiger partial charge on any atom is 0.261 e. The van der Waals surface area contributed by atoms with Crippen LogP contribution in [-0.2, 0) is 10.0 Å². The smallest absolute Gasteiger partial charge is 0.261 e. The van der Waals surface area contributed by atoms with E-state index in [2.05, 4.69) is 10.0 Å². The first kappa shape index (κ1) is 18.6. The van der Waals surface area contributed by atoms with E-state index in [-0.39, 0.29) is 16.1 Å². The molecule has 0 radical (unpaired) electrons. The highest BCUT2D eigenvalue weighted by Gasteiger charge is 2.16. The van der Waals surface area contributed by atoms with Gasteiger partial charge in [0.05, 0.1) is 10.6 Å². The molecule has 0 aromatic heterocycles. The highest BCUT2D eigenvalue weighted by atomic mass is 32.2. The maximum absolute atomic E-state index is 13.8. The fraction of sp³-hybridized carbons (Fsp3) is 0.0500. The van der Waals surface area contributed by atoms with Crippen LogP contribution in [-0.4, -0.2) is 14.3 Å². The Labute approximate surface area is 156 Å². The fourth-order valence-electron chi connectivity index (χ4n) is 2.44. The Morgan fingerprint density at radius 3 is 2.26 bits per heavy atom. The molecule has 3 rings (SSSR count). The molecule has 27 heavy (non-hydrogen) atoms. The van der Waals surface area contributed by atoms with Crippen LogP contribution in [0.25, 0.3) is 0 Å². The number of carbonyl (C=O) groups excluding carboxylic acids is 1. The van der Waals surface area contributed by atoms with Crippen LogP contribution in [0.5, 0.6) is 0 Å². The molecule has 0 saturated heterocycles. The van der Waals surface area contributed by atoms with Gasteiger partial charge in [-0.1, -0.05) is 24.3 Å². The third-order valence-electron chi connectivity index (χ3n) is 3.82. The number of anilines is 2. The summed E-state index contributed by atoms with van der Waals surface area (Å²) in [6, 6.07) is 18.3. The number of rotatable bonds is 5. The molecule has 3 aromatic carbocycles. The van der Waals surface area contributed by atoms with Crippen molar-refractivity contribution in [1.29, 1.82) is 0 Å². The number of halogens is 1. The molecule has 1 amide bonds. The van der Waals surface area contributed by atoms with Gasteiger partial charge in [0.1, 0.15) is 5.82 Å². The lowest BCUT2D eigenvalue weighted by molar-refractivity contribution is 0.102. The number of para-hydroxylation sites is 1. The largest absolute Gasteiger partial charge is 0.319 e. The first-order valence-electron chi connectivity index (χ1n) is 8.10. The topological polar surface area (TPSA) is 75.3 Å². The van der Waals surface area contributed by atoms with Gasteiger partial charge in [0.25, 0.3) is 15.9 Å². The number of aryl methyl sites for hydroxylation is 1. The lowest BCUT2D eigenvalue weighted by Crippen LogP contribution is -2.15. The number of amides is 1. The number of hydrogen-bond acceptors (Lipinski definition) is 3. The molecule has 5 nitrogen and oxygen atoms in total. The van der Waals surface area contributed by atoms with Gasteiger partial charge < -0.3 is 5.32 Å². The van der Waals surface area contributed by atoms with Crippen LogP contribution in [0.3, 0.4) is 0 Å². The molecule has 0 saturated carbocycles. The molecule has 3 aromatic rings. The van der Waals surface area contributed by atoms with Crippen molar-refractivity contribution in [3.63, 3.8) is 0 Å². The van der Waals surface area contributed by atoms with Crippen molar-refractivity contribution in [1.82, 2.24) is 0 Å². The van der Waals surface area contributed by atoms with Gasteiger partial charge in [-0.3, -0.25) is 9.52 Å². The number of benzene rings is 3. The minimum absolute atomic E-state index is 0.0182. The Morgan fingerprint density at radius 1 is 0.926 bits per heavy atom. The number of nitrogens with one attached hydrogen (secondary N) is 2. The molecule has 0 aliphatic carbocycles. The molecule has 0 fully saturated rings. The van der Waals surface area contributed by atoms with E-state index in [0.717, 1.165) is 5.56 Å². The van der Waals surface area contributed by atoms with Crippen LogP contribution < -0.4 is 10.0 Å². The lowest BCUT2D eigenvalue weighted by Gasteiger charge is -2.10. The third-order valence-corrected chi connectivity index (χ3v) is 5.22. The van der Waals surface area contributed by atoms with Gasteiger partial charge in [-0.15, -0.1) is 0 Å². The van der Waals surface area contributed by atoms with E-state index < -0.39 is 21.7 Å².